The van der Waals surface area contributed by atoms with E-state index >= 15 is 0 Å². The number of hydrogen-bond donors (Lipinski definition) is 1. The predicted molar refractivity (Wildman–Crippen MR) is 86.7 cm³/mol. The van der Waals surface area contributed by atoms with Crippen LogP contribution in [0.5, 0.6) is 0 Å². The summed E-state index contributed by atoms with van der Waals surface area (Å²) in [5.74, 6) is -0.357. The lowest BCUT2D eigenvalue weighted by molar-refractivity contribution is -0.164. The maximum Gasteiger partial charge on any atom is 0.332 e. The smallest absolute Gasteiger partial charge is 0.332 e. The second kappa shape index (κ2) is 6.63. The summed E-state index contributed by atoms with van der Waals surface area (Å²) in [5, 5.41) is 10.5. The summed E-state index contributed by atoms with van der Waals surface area (Å²) in [5.41, 5.74) is 0.516. The van der Waals surface area contributed by atoms with Gasteiger partial charge in [0.15, 0.2) is 5.60 Å². The van der Waals surface area contributed by atoms with Crippen LogP contribution in [0.3, 0.4) is 0 Å². The number of carbonyl (C=O) groups excluding carboxylic acids is 1. The van der Waals surface area contributed by atoms with Gasteiger partial charge in [0.2, 0.25) is 0 Å². The van der Waals surface area contributed by atoms with Crippen LogP contribution in [0.15, 0.2) is 30.3 Å². The Morgan fingerprint density at radius 2 is 2.09 bits per heavy atom. The minimum atomic E-state index is -0.884. The van der Waals surface area contributed by atoms with Crippen molar-refractivity contribution in [3.63, 3.8) is 0 Å². The van der Waals surface area contributed by atoms with Gasteiger partial charge in [0, 0.05) is 10.4 Å². The van der Waals surface area contributed by atoms with Crippen LogP contribution >= 0.6 is 11.6 Å². The van der Waals surface area contributed by atoms with E-state index in [0.717, 1.165) is 10.9 Å². The van der Waals surface area contributed by atoms with Crippen molar-refractivity contribution in [2.45, 2.75) is 32.8 Å². The first-order chi connectivity index (χ1) is 10.4. The Hall–Kier alpha value is -1.65. The number of ether oxygens (including phenoxy) is 1. The molecule has 0 fully saturated rings. The first kappa shape index (κ1) is 16.7. The van der Waals surface area contributed by atoms with Gasteiger partial charge < -0.3 is 9.84 Å². The van der Waals surface area contributed by atoms with E-state index in [9.17, 15) is 4.79 Å². The maximum absolute atomic E-state index is 11.6. The largest absolute Gasteiger partial charge is 0.451 e. The number of hydrogen-bond acceptors (Lipinski definition) is 4. The molecule has 1 N–H and O–H groups in total. The lowest BCUT2D eigenvalue weighted by Crippen LogP contribution is -2.33. The van der Waals surface area contributed by atoms with Crippen LogP contribution in [0.1, 0.15) is 32.9 Å². The molecule has 1 aromatic heterocycles. The zero-order valence-electron chi connectivity index (χ0n) is 13.0. The van der Waals surface area contributed by atoms with Gasteiger partial charge in [0.1, 0.15) is 6.61 Å². The Morgan fingerprint density at radius 1 is 1.36 bits per heavy atom. The van der Waals surface area contributed by atoms with Crippen LogP contribution in [0, 0.1) is 5.92 Å². The van der Waals surface area contributed by atoms with Crippen molar-refractivity contribution in [2.24, 2.45) is 5.92 Å². The SMILES string of the molecule is CC(C)CC(C)(OC(=O)CO)c1ccc2c(Cl)cccc2n1. The van der Waals surface area contributed by atoms with Crippen molar-refractivity contribution >= 4 is 28.5 Å². The molecule has 2 rings (SSSR count). The molecule has 2 aromatic rings. The molecule has 0 saturated heterocycles. The highest BCUT2D eigenvalue weighted by Gasteiger charge is 2.33. The number of rotatable bonds is 5. The number of aliphatic hydroxyl groups is 1. The van der Waals surface area contributed by atoms with Gasteiger partial charge in [-0.05, 0) is 43.5 Å². The number of esters is 1. The molecule has 0 aliphatic rings. The first-order valence-electron chi connectivity index (χ1n) is 7.24. The topological polar surface area (TPSA) is 59.4 Å². The lowest BCUT2D eigenvalue weighted by atomic mass is 9.90. The molecular weight excluding hydrogens is 302 g/mol. The normalized spacial score (nSPS) is 14.1. The highest BCUT2D eigenvalue weighted by Crippen LogP contribution is 2.33. The molecule has 0 aliphatic heterocycles. The highest BCUT2D eigenvalue weighted by molar-refractivity contribution is 6.35. The molecule has 4 nitrogen and oxygen atoms in total. The molecule has 0 saturated carbocycles. The molecule has 1 unspecified atom stereocenters. The number of aromatic nitrogens is 1. The molecule has 118 valence electrons. The summed E-state index contributed by atoms with van der Waals surface area (Å²) in [4.78, 5) is 16.2. The van der Waals surface area contributed by atoms with E-state index in [2.05, 4.69) is 4.98 Å². The van der Waals surface area contributed by atoms with Crippen molar-refractivity contribution in [3.8, 4) is 0 Å². The van der Waals surface area contributed by atoms with Gasteiger partial charge in [-0.25, -0.2) is 9.78 Å². The van der Waals surface area contributed by atoms with Crippen molar-refractivity contribution in [3.05, 3.63) is 41.0 Å². The van der Waals surface area contributed by atoms with Crippen molar-refractivity contribution in [1.82, 2.24) is 4.98 Å². The summed E-state index contributed by atoms with van der Waals surface area (Å²) in [7, 11) is 0. The van der Waals surface area contributed by atoms with Gasteiger partial charge in [-0.3, -0.25) is 0 Å². The van der Waals surface area contributed by atoms with Crippen molar-refractivity contribution < 1.29 is 14.6 Å². The van der Waals surface area contributed by atoms with Crippen LogP contribution in [0.2, 0.25) is 5.02 Å². The number of halogens is 1. The molecule has 0 bridgehead atoms. The van der Waals surface area contributed by atoms with Crippen LogP contribution < -0.4 is 0 Å². The maximum atomic E-state index is 11.6. The zero-order valence-corrected chi connectivity index (χ0v) is 13.7. The van der Waals surface area contributed by atoms with Gasteiger partial charge in [-0.2, -0.15) is 0 Å². The average Bonchev–Trinajstić information content (AvgIpc) is 2.46. The molecule has 0 radical (unpaired) electrons. The number of fused-ring (bicyclic) bond motifs is 1. The Labute approximate surface area is 135 Å². The Balaban J connectivity index is 2.49. The number of aliphatic hydroxyl groups excluding tert-OH is 1. The Bertz CT molecular complexity index is 687. The van der Waals surface area contributed by atoms with Gasteiger partial charge in [0.05, 0.1) is 11.2 Å². The quantitative estimate of drug-likeness (QED) is 0.853. The number of nitrogens with zero attached hydrogens (tertiary/aromatic N) is 1. The van der Waals surface area contributed by atoms with E-state index < -0.39 is 18.2 Å². The minimum absolute atomic E-state index is 0.299. The number of pyridine rings is 1. The summed E-state index contributed by atoms with van der Waals surface area (Å²) in [6, 6.07) is 9.21. The fraction of sp³-hybridized carbons (Fsp3) is 0.412. The monoisotopic (exact) mass is 321 g/mol. The Kier molecular flexibility index (Phi) is 5.04. The summed E-state index contributed by atoms with van der Waals surface area (Å²) in [6.07, 6.45) is 0.609. The molecule has 0 amide bonds. The van der Waals surface area contributed by atoms with Crippen LogP contribution in [0.25, 0.3) is 10.9 Å². The van der Waals surface area contributed by atoms with Crippen molar-refractivity contribution in [1.29, 1.82) is 0 Å². The molecule has 0 spiro atoms. The molecule has 1 atom stereocenters. The van der Waals surface area contributed by atoms with Crippen molar-refractivity contribution in [2.75, 3.05) is 6.61 Å². The average molecular weight is 322 g/mol. The fourth-order valence-electron chi connectivity index (χ4n) is 2.67. The fourth-order valence-corrected chi connectivity index (χ4v) is 2.91. The minimum Gasteiger partial charge on any atom is -0.451 e. The standard InChI is InChI=1S/C17H20ClNO3/c1-11(2)9-17(3,22-16(21)10-20)15-8-7-12-13(18)5-4-6-14(12)19-15/h4-8,11,20H,9-10H2,1-3H3. The summed E-state index contributed by atoms with van der Waals surface area (Å²) < 4.78 is 5.48. The highest BCUT2D eigenvalue weighted by atomic mass is 35.5. The third-order valence-electron chi connectivity index (χ3n) is 3.49. The summed E-state index contributed by atoms with van der Waals surface area (Å²) in [6.45, 7) is 5.26. The van der Waals surface area contributed by atoms with E-state index in [0.29, 0.717) is 23.1 Å². The third kappa shape index (κ3) is 3.57. The Morgan fingerprint density at radius 3 is 2.73 bits per heavy atom. The van der Waals surface area contributed by atoms with Crippen LogP contribution in [-0.2, 0) is 15.1 Å². The molecule has 22 heavy (non-hydrogen) atoms. The number of benzene rings is 1. The van der Waals surface area contributed by atoms with Gasteiger partial charge in [0.25, 0.3) is 0 Å². The lowest BCUT2D eigenvalue weighted by Gasteiger charge is -2.30. The van der Waals surface area contributed by atoms with E-state index in [-0.39, 0.29) is 0 Å². The van der Waals surface area contributed by atoms with Crippen LogP contribution in [0.4, 0.5) is 0 Å². The van der Waals surface area contributed by atoms with E-state index in [1.54, 1.807) is 0 Å². The van der Waals surface area contributed by atoms with Gasteiger partial charge >= 0.3 is 5.97 Å². The molecule has 1 aromatic carbocycles. The van der Waals surface area contributed by atoms with Gasteiger partial charge in [-0.1, -0.05) is 31.5 Å². The summed E-state index contributed by atoms with van der Waals surface area (Å²) >= 11 is 6.16. The van der Waals surface area contributed by atoms with Crippen LogP contribution in [-0.4, -0.2) is 22.7 Å². The third-order valence-corrected chi connectivity index (χ3v) is 3.82. The number of carbonyl (C=O) groups is 1. The van der Waals surface area contributed by atoms with E-state index in [1.807, 2.05) is 51.1 Å². The second-order valence-electron chi connectivity index (χ2n) is 5.96. The molecule has 1 heterocycles. The van der Waals surface area contributed by atoms with Gasteiger partial charge in [-0.15, -0.1) is 0 Å². The predicted octanol–water partition coefficient (Wildman–Crippen LogP) is 3.69. The second-order valence-corrected chi connectivity index (χ2v) is 6.37. The molecule has 0 aliphatic carbocycles. The molecular formula is C17H20ClNO3. The van der Waals surface area contributed by atoms with E-state index in [1.165, 1.54) is 0 Å². The van der Waals surface area contributed by atoms with E-state index in [4.69, 9.17) is 21.4 Å². The molecule has 5 heteroatoms. The first-order valence-corrected chi connectivity index (χ1v) is 7.62. The zero-order chi connectivity index (χ0) is 16.3.